The molecule has 114 valence electrons. The molecule has 2 aromatic rings. The molecule has 0 aliphatic rings. The lowest BCUT2D eigenvalue weighted by Gasteiger charge is -2.08. The number of aliphatic carboxylic acids is 1. The molecule has 1 aromatic heterocycles. The molecular weight excluding hydrogens is 278 g/mol. The van der Waals surface area contributed by atoms with Gasteiger partial charge in [0.25, 0.3) is 0 Å². The number of pyridine rings is 1. The van der Waals surface area contributed by atoms with E-state index in [1.165, 1.54) is 0 Å². The predicted octanol–water partition coefficient (Wildman–Crippen LogP) is 2.48. The lowest BCUT2D eigenvalue weighted by molar-refractivity contribution is -0.131. The summed E-state index contributed by atoms with van der Waals surface area (Å²) in [5, 5.41) is 15.0. The highest BCUT2D eigenvalue weighted by Gasteiger charge is 2.02. The number of hydrogen-bond donors (Lipinski definition) is 3. The van der Waals surface area contributed by atoms with Crippen LogP contribution in [-0.4, -0.2) is 36.2 Å². The zero-order chi connectivity index (χ0) is 15.8. The van der Waals surface area contributed by atoms with Gasteiger partial charge in [-0.25, -0.2) is 9.78 Å². The predicted molar refractivity (Wildman–Crippen MR) is 88.8 cm³/mol. The number of nitrogens with one attached hydrogen (secondary N) is 2. The molecule has 1 heterocycles. The van der Waals surface area contributed by atoms with Crippen LogP contribution in [-0.2, 0) is 4.79 Å². The molecule has 22 heavy (non-hydrogen) atoms. The Labute approximate surface area is 129 Å². The fourth-order valence-electron chi connectivity index (χ4n) is 1.98. The first kappa shape index (κ1) is 15.7. The van der Waals surface area contributed by atoms with E-state index in [0.29, 0.717) is 0 Å². The Morgan fingerprint density at radius 2 is 2.05 bits per heavy atom. The summed E-state index contributed by atoms with van der Waals surface area (Å²) in [6.45, 7) is 1.66. The zero-order valence-corrected chi connectivity index (χ0v) is 12.4. The van der Waals surface area contributed by atoms with Crippen LogP contribution in [0.1, 0.15) is 5.56 Å². The van der Waals surface area contributed by atoms with Crippen LogP contribution in [0.4, 0.5) is 5.82 Å². The summed E-state index contributed by atoms with van der Waals surface area (Å²) in [5.74, 6) is -0.140. The summed E-state index contributed by atoms with van der Waals surface area (Å²) in [5.41, 5.74) is 2.63. The Balaban J connectivity index is 2.19. The van der Waals surface area contributed by atoms with Gasteiger partial charge in [0.05, 0.1) is 5.69 Å². The maximum Gasteiger partial charge on any atom is 0.328 e. The molecule has 0 fully saturated rings. The van der Waals surface area contributed by atoms with Gasteiger partial charge in [-0.1, -0.05) is 24.3 Å². The van der Waals surface area contributed by atoms with Crippen LogP contribution in [0.2, 0.25) is 0 Å². The number of carboxylic acid groups (broad SMARTS) is 1. The van der Waals surface area contributed by atoms with Gasteiger partial charge in [-0.05, 0) is 36.9 Å². The number of rotatable bonds is 7. The van der Waals surface area contributed by atoms with Crippen LogP contribution in [0.5, 0.6) is 0 Å². The van der Waals surface area contributed by atoms with Crippen molar-refractivity contribution < 1.29 is 9.90 Å². The van der Waals surface area contributed by atoms with Crippen molar-refractivity contribution in [1.82, 2.24) is 10.3 Å². The van der Waals surface area contributed by atoms with Gasteiger partial charge < -0.3 is 15.7 Å². The minimum Gasteiger partial charge on any atom is -0.478 e. The van der Waals surface area contributed by atoms with Gasteiger partial charge in [0.2, 0.25) is 0 Å². The summed E-state index contributed by atoms with van der Waals surface area (Å²) in [4.78, 5) is 15.2. The number of carboxylic acids is 1. The Hall–Kier alpha value is -2.66. The molecule has 0 amide bonds. The second-order valence-electron chi connectivity index (χ2n) is 4.74. The third-order valence-electron chi connectivity index (χ3n) is 3.03. The molecule has 5 nitrogen and oxygen atoms in total. The molecule has 1 aromatic carbocycles. The molecule has 0 atom stereocenters. The number of anilines is 1. The van der Waals surface area contributed by atoms with E-state index in [9.17, 15) is 4.79 Å². The van der Waals surface area contributed by atoms with E-state index in [-0.39, 0.29) is 0 Å². The summed E-state index contributed by atoms with van der Waals surface area (Å²) < 4.78 is 0. The van der Waals surface area contributed by atoms with Crippen molar-refractivity contribution >= 4 is 17.9 Å². The van der Waals surface area contributed by atoms with Gasteiger partial charge >= 0.3 is 5.97 Å². The SMILES string of the molecule is CNCCNc1cccc(-c2cccc(/C=C/C(=O)O)c2)n1. The Morgan fingerprint density at radius 1 is 1.23 bits per heavy atom. The number of likely N-dealkylation sites (N-methyl/N-ethyl adjacent to an activating group) is 1. The number of aromatic nitrogens is 1. The van der Waals surface area contributed by atoms with E-state index in [1.807, 2.05) is 49.5 Å². The maximum absolute atomic E-state index is 10.6. The fraction of sp³-hybridized carbons (Fsp3) is 0.176. The van der Waals surface area contributed by atoms with E-state index >= 15 is 0 Å². The van der Waals surface area contributed by atoms with E-state index in [2.05, 4.69) is 15.6 Å². The number of hydrogen-bond acceptors (Lipinski definition) is 4. The lowest BCUT2D eigenvalue weighted by atomic mass is 10.1. The van der Waals surface area contributed by atoms with E-state index < -0.39 is 5.97 Å². The molecule has 0 radical (unpaired) electrons. The third kappa shape index (κ3) is 4.71. The first-order valence-electron chi connectivity index (χ1n) is 7.06. The van der Waals surface area contributed by atoms with Crippen LogP contribution in [0, 0.1) is 0 Å². The Morgan fingerprint density at radius 3 is 2.82 bits per heavy atom. The highest BCUT2D eigenvalue weighted by molar-refractivity contribution is 5.85. The molecule has 0 unspecified atom stereocenters. The van der Waals surface area contributed by atoms with Gasteiger partial charge in [0, 0.05) is 24.7 Å². The quantitative estimate of drug-likeness (QED) is 0.541. The minimum absolute atomic E-state index is 0.800. The smallest absolute Gasteiger partial charge is 0.328 e. The Kier molecular flexibility index (Phi) is 5.68. The summed E-state index contributed by atoms with van der Waals surface area (Å²) >= 11 is 0. The lowest BCUT2D eigenvalue weighted by Crippen LogP contribution is -2.18. The van der Waals surface area contributed by atoms with Gasteiger partial charge in [0.15, 0.2) is 0 Å². The average Bonchev–Trinajstić information content (AvgIpc) is 2.54. The van der Waals surface area contributed by atoms with Gasteiger partial charge in [-0.15, -0.1) is 0 Å². The van der Waals surface area contributed by atoms with E-state index in [1.54, 1.807) is 6.08 Å². The molecule has 0 aliphatic heterocycles. The van der Waals surface area contributed by atoms with Crippen molar-refractivity contribution in [2.24, 2.45) is 0 Å². The maximum atomic E-state index is 10.6. The highest BCUT2D eigenvalue weighted by atomic mass is 16.4. The standard InChI is InChI=1S/C17H19N3O2/c1-18-10-11-19-16-7-3-6-15(20-16)14-5-2-4-13(12-14)8-9-17(21)22/h2-9,12,18H,10-11H2,1H3,(H,19,20)(H,21,22)/b9-8+. The van der Waals surface area contributed by atoms with Gasteiger partial charge in [-0.3, -0.25) is 0 Å². The summed E-state index contributed by atoms with van der Waals surface area (Å²) in [7, 11) is 1.90. The van der Waals surface area contributed by atoms with Crippen molar-refractivity contribution in [3.63, 3.8) is 0 Å². The molecular formula is C17H19N3O2. The van der Waals surface area contributed by atoms with Gasteiger partial charge in [0.1, 0.15) is 5.82 Å². The number of benzene rings is 1. The largest absolute Gasteiger partial charge is 0.478 e. The highest BCUT2D eigenvalue weighted by Crippen LogP contribution is 2.20. The molecule has 0 aliphatic carbocycles. The first-order valence-corrected chi connectivity index (χ1v) is 7.06. The average molecular weight is 297 g/mol. The van der Waals surface area contributed by atoms with Crippen LogP contribution < -0.4 is 10.6 Å². The Bertz CT molecular complexity index is 668. The van der Waals surface area contributed by atoms with E-state index in [0.717, 1.165) is 41.8 Å². The van der Waals surface area contributed by atoms with E-state index in [4.69, 9.17) is 5.11 Å². The van der Waals surface area contributed by atoms with Crippen LogP contribution >= 0.6 is 0 Å². The first-order chi connectivity index (χ1) is 10.7. The third-order valence-corrected chi connectivity index (χ3v) is 3.03. The fourth-order valence-corrected chi connectivity index (χ4v) is 1.98. The second kappa shape index (κ2) is 7.95. The van der Waals surface area contributed by atoms with Crippen LogP contribution in [0.25, 0.3) is 17.3 Å². The van der Waals surface area contributed by atoms with Gasteiger partial charge in [-0.2, -0.15) is 0 Å². The number of carbonyl (C=O) groups is 1. The van der Waals surface area contributed by atoms with Crippen molar-refractivity contribution in [2.45, 2.75) is 0 Å². The monoisotopic (exact) mass is 297 g/mol. The molecule has 0 saturated heterocycles. The molecule has 5 heteroatoms. The number of nitrogens with zero attached hydrogens (tertiary/aromatic N) is 1. The molecule has 0 bridgehead atoms. The summed E-state index contributed by atoms with van der Waals surface area (Å²) in [6.07, 6.45) is 2.70. The van der Waals surface area contributed by atoms with Crippen molar-refractivity contribution in [3.05, 3.63) is 54.1 Å². The summed E-state index contributed by atoms with van der Waals surface area (Å²) in [6, 6.07) is 13.4. The van der Waals surface area contributed by atoms with Crippen LogP contribution in [0.3, 0.4) is 0 Å². The van der Waals surface area contributed by atoms with Crippen molar-refractivity contribution in [3.8, 4) is 11.3 Å². The molecule has 0 spiro atoms. The molecule has 3 N–H and O–H groups in total. The minimum atomic E-state index is -0.959. The van der Waals surface area contributed by atoms with Crippen LogP contribution in [0.15, 0.2) is 48.5 Å². The topological polar surface area (TPSA) is 74.2 Å². The molecule has 2 rings (SSSR count). The zero-order valence-electron chi connectivity index (χ0n) is 12.4. The van der Waals surface area contributed by atoms with Crippen molar-refractivity contribution in [1.29, 1.82) is 0 Å². The second-order valence-corrected chi connectivity index (χ2v) is 4.74. The molecule has 0 saturated carbocycles. The normalized spacial score (nSPS) is 10.8. The van der Waals surface area contributed by atoms with Crippen molar-refractivity contribution in [2.75, 3.05) is 25.5 Å².